The molecule has 1 saturated carbocycles. The van der Waals surface area contributed by atoms with Crippen molar-refractivity contribution in [2.45, 2.75) is 90.0 Å². The Bertz CT molecular complexity index is 2460. The maximum absolute atomic E-state index is 16.1. The van der Waals surface area contributed by atoms with Crippen molar-refractivity contribution < 1.29 is 37.8 Å². The molecular formula is C46H55FN8O7. The number of nitrogens with one attached hydrogen (secondary N) is 4. The second-order valence-corrected chi connectivity index (χ2v) is 17.1. The third-order valence-electron chi connectivity index (χ3n) is 12.8. The summed E-state index contributed by atoms with van der Waals surface area (Å²) in [6.07, 6.45) is 5.06. The molecule has 8 rings (SSSR count). The number of fused-ring (bicyclic) bond motifs is 5. The molecule has 62 heavy (non-hydrogen) atoms. The second kappa shape index (κ2) is 18.1. The number of carbonyl (C=O) groups excluding carboxylic acids is 4. The lowest BCUT2D eigenvalue weighted by molar-refractivity contribution is -0.139. The number of alkyl carbamates (subject to hydrolysis) is 2. The molecule has 2 saturated heterocycles. The third kappa shape index (κ3) is 8.44. The highest BCUT2D eigenvalue weighted by atomic mass is 19.1. The number of imidazole rings is 2. The van der Waals surface area contributed by atoms with Gasteiger partial charge in [0.2, 0.25) is 11.8 Å². The van der Waals surface area contributed by atoms with E-state index < -0.39 is 30.1 Å². The maximum atomic E-state index is 16.1. The Hall–Kier alpha value is -6.03. The Morgan fingerprint density at radius 2 is 1.69 bits per heavy atom. The number of ether oxygens (including phenoxy) is 3. The first-order chi connectivity index (χ1) is 30.0. The molecule has 328 valence electrons. The van der Waals surface area contributed by atoms with Crippen LogP contribution in [-0.4, -0.2) is 106 Å². The highest BCUT2D eigenvalue weighted by Gasteiger charge is 2.51. The number of methoxy groups -OCH3 is 2. The van der Waals surface area contributed by atoms with Crippen molar-refractivity contribution in [2.24, 2.45) is 17.8 Å². The summed E-state index contributed by atoms with van der Waals surface area (Å²) < 4.78 is 31.2. The van der Waals surface area contributed by atoms with Crippen molar-refractivity contribution in [3.05, 3.63) is 72.2 Å². The third-order valence-corrected chi connectivity index (χ3v) is 12.8. The molecule has 2 aromatic heterocycles. The first kappa shape index (κ1) is 42.7. The SMILES string of the molecule is CCCN(Cc1nc2ccc3cc(-c4ccc(-c5cnc(C6[C@H]7CC[C@H](C7)N6C(=O)[C@@H](NC(=O)OC)C(C)C)[nH]5)c(F)c4)ccc3c2[nH]1)C(=O)[C@@H](NC(=O)OC)C1CCOCC1. The fourth-order valence-electron chi connectivity index (χ4n) is 9.70. The quantitative estimate of drug-likeness (QED) is 0.0949. The standard InChI is InChI=1S/C46H55FN8O7/c1-6-17-54(43(56)39(53-46(59)61-5)26-15-18-62-19-16-26)24-37-49-35-14-10-29-20-27(8-12-32(29)40(35)51-37)28-9-13-33(34(47)22-28)36-23-48-42(50-36)41-30-7-11-31(21-30)55(41)44(57)38(25(2)3)52-45(58)60-4/h8-10,12-14,20,22-23,25-26,30-31,38-39,41H,6-7,11,15-19,21,24H2,1-5H3,(H,48,50)(H,49,51)(H,52,58)(H,53,59)/t30-,31+,38-,39-,41?/m0/s1. The minimum Gasteiger partial charge on any atom is -0.453 e. The van der Waals surface area contributed by atoms with Gasteiger partial charge < -0.3 is 44.6 Å². The zero-order chi connectivity index (χ0) is 43.7. The lowest BCUT2D eigenvalue weighted by atomic mass is 9.90. The number of halogens is 1. The van der Waals surface area contributed by atoms with Gasteiger partial charge in [-0.2, -0.15) is 0 Å². The number of carbonyl (C=O) groups is 4. The van der Waals surface area contributed by atoms with Gasteiger partial charge in [-0.25, -0.2) is 23.9 Å². The van der Waals surface area contributed by atoms with E-state index in [9.17, 15) is 19.2 Å². The average molecular weight is 851 g/mol. The van der Waals surface area contributed by atoms with Crippen molar-refractivity contribution in [1.29, 1.82) is 0 Å². The Kier molecular flexibility index (Phi) is 12.5. The van der Waals surface area contributed by atoms with Crippen LogP contribution in [0.4, 0.5) is 14.0 Å². The molecule has 15 nitrogen and oxygen atoms in total. The summed E-state index contributed by atoms with van der Waals surface area (Å²) >= 11 is 0. The normalized spacial score (nSPS) is 19.8. The lowest BCUT2D eigenvalue weighted by Gasteiger charge is -2.37. The molecule has 3 aliphatic rings. The Morgan fingerprint density at radius 1 is 0.952 bits per heavy atom. The molecule has 5 aromatic rings. The summed E-state index contributed by atoms with van der Waals surface area (Å²) in [4.78, 5) is 72.4. The lowest BCUT2D eigenvalue weighted by Crippen LogP contribution is -2.54. The van der Waals surface area contributed by atoms with Crippen molar-refractivity contribution in [1.82, 2.24) is 40.4 Å². The van der Waals surface area contributed by atoms with Gasteiger partial charge in [0.25, 0.3) is 0 Å². The molecule has 4 amide bonds. The van der Waals surface area contributed by atoms with Gasteiger partial charge in [-0.15, -0.1) is 0 Å². The summed E-state index contributed by atoms with van der Waals surface area (Å²) in [6, 6.07) is 13.3. The number of benzene rings is 3. The summed E-state index contributed by atoms with van der Waals surface area (Å²) in [5, 5.41) is 7.37. The van der Waals surface area contributed by atoms with E-state index in [2.05, 4.69) is 25.6 Å². The molecule has 4 heterocycles. The molecule has 5 atom stereocenters. The Morgan fingerprint density at radius 3 is 2.42 bits per heavy atom. The number of nitrogens with zero attached hydrogens (tertiary/aromatic N) is 4. The van der Waals surface area contributed by atoms with Crippen molar-refractivity contribution >= 4 is 45.8 Å². The van der Waals surface area contributed by atoms with E-state index in [0.29, 0.717) is 61.1 Å². The predicted molar refractivity (Wildman–Crippen MR) is 230 cm³/mol. The summed E-state index contributed by atoms with van der Waals surface area (Å²) in [5.74, 6) is 0.433. The summed E-state index contributed by atoms with van der Waals surface area (Å²) in [5.41, 5.74) is 4.00. The largest absolute Gasteiger partial charge is 0.453 e. The van der Waals surface area contributed by atoms with E-state index in [1.165, 1.54) is 20.3 Å². The van der Waals surface area contributed by atoms with Gasteiger partial charge in [0, 0.05) is 36.8 Å². The van der Waals surface area contributed by atoms with Crippen LogP contribution in [0.1, 0.15) is 77.0 Å². The monoisotopic (exact) mass is 850 g/mol. The number of hydrogen-bond acceptors (Lipinski definition) is 9. The van der Waals surface area contributed by atoms with Crippen LogP contribution >= 0.6 is 0 Å². The highest BCUT2D eigenvalue weighted by molar-refractivity contribution is 6.05. The van der Waals surface area contributed by atoms with Crippen LogP contribution in [0.25, 0.3) is 44.2 Å². The van der Waals surface area contributed by atoms with Gasteiger partial charge in [-0.3, -0.25) is 9.59 Å². The number of H-pyrrole nitrogens is 2. The minimum absolute atomic E-state index is 0.0430. The van der Waals surface area contributed by atoms with Gasteiger partial charge in [0.15, 0.2) is 0 Å². The van der Waals surface area contributed by atoms with Crippen LogP contribution in [0.15, 0.2) is 54.7 Å². The first-order valence-corrected chi connectivity index (χ1v) is 21.6. The van der Waals surface area contributed by atoms with Gasteiger partial charge in [-0.1, -0.05) is 45.0 Å². The summed E-state index contributed by atoms with van der Waals surface area (Å²) in [7, 11) is 2.57. The molecule has 4 N–H and O–H groups in total. The molecule has 2 bridgehead atoms. The molecule has 3 fully saturated rings. The van der Waals surface area contributed by atoms with Crippen molar-refractivity contribution in [2.75, 3.05) is 34.0 Å². The fourth-order valence-corrected chi connectivity index (χ4v) is 9.70. The van der Waals surface area contributed by atoms with E-state index in [0.717, 1.165) is 53.1 Å². The molecule has 1 aliphatic carbocycles. The topological polar surface area (TPSA) is 184 Å². The number of aromatic amines is 2. The first-order valence-electron chi connectivity index (χ1n) is 21.6. The van der Waals surface area contributed by atoms with E-state index in [4.69, 9.17) is 19.2 Å². The van der Waals surface area contributed by atoms with Gasteiger partial charge >= 0.3 is 12.2 Å². The Balaban J connectivity index is 1.00. The van der Waals surface area contributed by atoms with Crippen LogP contribution in [0.5, 0.6) is 0 Å². The Labute approximate surface area is 359 Å². The molecule has 0 radical (unpaired) electrons. The van der Waals surface area contributed by atoms with Crippen LogP contribution < -0.4 is 10.6 Å². The number of amides is 4. The van der Waals surface area contributed by atoms with E-state index in [1.54, 1.807) is 17.2 Å². The van der Waals surface area contributed by atoms with E-state index in [-0.39, 0.29) is 48.2 Å². The number of piperidine rings is 1. The number of aromatic nitrogens is 4. The molecule has 2 aliphatic heterocycles. The highest BCUT2D eigenvalue weighted by Crippen LogP contribution is 2.50. The average Bonchev–Trinajstić information content (AvgIpc) is 4.11. The minimum atomic E-state index is -0.750. The van der Waals surface area contributed by atoms with E-state index in [1.807, 2.05) is 62.1 Å². The van der Waals surface area contributed by atoms with Crippen LogP contribution in [0.2, 0.25) is 0 Å². The number of hydrogen-bond donors (Lipinski definition) is 4. The van der Waals surface area contributed by atoms with Crippen LogP contribution in [0, 0.1) is 23.6 Å². The summed E-state index contributed by atoms with van der Waals surface area (Å²) in [6.45, 7) is 7.56. The zero-order valence-corrected chi connectivity index (χ0v) is 35.8. The fraction of sp³-hybridized carbons (Fsp3) is 0.478. The molecule has 3 aromatic carbocycles. The van der Waals surface area contributed by atoms with Gasteiger partial charge in [0.05, 0.1) is 49.7 Å². The van der Waals surface area contributed by atoms with Crippen molar-refractivity contribution in [3.63, 3.8) is 0 Å². The number of likely N-dealkylation sites (tertiary alicyclic amines) is 1. The smallest absolute Gasteiger partial charge is 0.407 e. The van der Waals surface area contributed by atoms with Gasteiger partial charge in [-0.05, 0) is 97.1 Å². The molecule has 16 heteroatoms. The molecular weight excluding hydrogens is 796 g/mol. The van der Waals surface area contributed by atoms with Gasteiger partial charge in [0.1, 0.15) is 29.5 Å². The van der Waals surface area contributed by atoms with Crippen LogP contribution in [0.3, 0.4) is 0 Å². The molecule has 0 spiro atoms. The zero-order valence-electron chi connectivity index (χ0n) is 35.8. The van der Waals surface area contributed by atoms with Crippen molar-refractivity contribution in [3.8, 4) is 22.4 Å². The van der Waals surface area contributed by atoms with Crippen LogP contribution in [-0.2, 0) is 30.3 Å². The number of rotatable bonds is 13. The van der Waals surface area contributed by atoms with E-state index >= 15 is 4.39 Å². The second-order valence-electron chi connectivity index (χ2n) is 17.1. The predicted octanol–water partition coefficient (Wildman–Crippen LogP) is 7.23. The maximum Gasteiger partial charge on any atom is 0.407 e. The molecule has 1 unspecified atom stereocenters.